The average Bonchev–Trinajstić information content (AvgIpc) is 2.46. The molecule has 0 radical (unpaired) electrons. The van der Waals surface area contributed by atoms with Crippen LogP contribution in [0, 0.1) is 11.3 Å². The maximum absolute atomic E-state index is 11.7. The predicted octanol–water partition coefficient (Wildman–Crippen LogP) is 2.71. The molecule has 1 fully saturated rings. The van der Waals surface area contributed by atoms with E-state index < -0.39 is 5.97 Å². The third-order valence-corrected chi connectivity index (χ3v) is 4.37. The first-order valence-corrected chi connectivity index (χ1v) is 7.41. The van der Waals surface area contributed by atoms with E-state index in [0.717, 1.165) is 37.7 Å². The fourth-order valence-corrected chi connectivity index (χ4v) is 2.89. The Bertz CT molecular complexity index is 515. The zero-order chi connectivity index (χ0) is 15.6. The molecule has 0 unspecified atom stereocenters. The highest BCUT2D eigenvalue weighted by molar-refractivity contribution is 5.95. The van der Waals surface area contributed by atoms with Crippen LogP contribution in [0.4, 0.5) is 11.5 Å². The van der Waals surface area contributed by atoms with E-state index in [-0.39, 0.29) is 0 Å². The van der Waals surface area contributed by atoms with Gasteiger partial charge in [0.05, 0.1) is 24.6 Å². The fraction of sp³-hybridized carbons (Fsp3) is 0.625. The Morgan fingerprint density at radius 1 is 1.38 bits per heavy atom. The Kier molecular flexibility index (Phi) is 4.40. The largest absolute Gasteiger partial charge is 0.465 e. The number of esters is 1. The number of pyridine rings is 1. The molecule has 1 aliphatic rings. The summed E-state index contributed by atoms with van der Waals surface area (Å²) in [7, 11) is 1.36. The van der Waals surface area contributed by atoms with Crippen molar-refractivity contribution in [1.29, 1.82) is 0 Å². The van der Waals surface area contributed by atoms with Crippen molar-refractivity contribution < 1.29 is 9.53 Å². The highest BCUT2D eigenvalue weighted by Gasteiger charge is 2.29. The predicted molar refractivity (Wildman–Crippen MR) is 84.4 cm³/mol. The smallest absolute Gasteiger partial charge is 0.340 e. The summed E-state index contributed by atoms with van der Waals surface area (Å²) in [4.78, 5) is 18.3. The Labute approximate surface area is 126 Å². The minimum absolute atomic E-state index is 0.345. The minimum Gasteiger partial charge on any atom is -0.465 e. The number of methoxy groups -OCH3 is 1. The normalized spacial score (nSPS) is 16.9. The molecule has 116 valence electrons. The van der Waals surface area contributed by atoms with Gasteiger partial charge in [-0.25, -0.2) is 9.78 Å². The molecule has 2 N–H and O–H groups in total. The molecule has 1 saturated heterocycles. The van der Waals surface area contributed by atoms with Crippen LogP contribution in [0.1, 0.15) is 44.0 Å². The Morgan fingerprint density at radius 2 is 2.00 bits per heavy atom. The van der Waals surface area contributed by atoms with E-state index >= 15 is 0 Å². The van der Waals surface area contributed by atoms with Crippen molar-refractivity contribution in [3.8, 4) is 0 Å². The van der Waals surface area contributed by atoms with Gasteiger partial charge in [-0.3, -0.25) is 0 Å². The highest BCUT2D eigenvalue weighted by atomic mass is 16.5. The van der Waals surface area contributed by atoms with Gasteiger partial charge in [0, 0.05) is 13.1 Å². The second kappa shape index (κ2) is 5.92. The van der Waals surface area contributed by atoms with E-state index in [1.54, 1.807) is 6.07 Å². The first-order chi connectivity index (χ1) is 9.82. The summed E-state index contributed by atoms with van der Waals surface area (Å²) in [5, 5.41) is 0. The third-order valence-electron chi connectivity index (χ3n) is 4.37. The van der Waals surface area contributed by atoms with Crippen LogP contribution in [0.5, 0.6) is 0 Å². The van der Waals surface area contributed by atoms with Crippen LogP contribution in [-0.2, 0) is 4.74 Å². The number of nitrogens with two attached hydrogens (primary N) is 1. The molecule has 0 spiro atoms. The maximum atomic E-state index is 11.7. The first-order valence-electron chi connectivity index (χ1n) is 7.41. The lowest BCUT2D eigenvalue weighted by Crippen LogP contribution is -2.38. The number of aromatic nitrogens is 1. The van der Waals surface area contributed by atoms with Crippen LogP contribution >= 0.6 is 0 Å². The van der Waals surface area contributed by atoms with Gasteiger partial charge >= 0.3 is 5.97 Å². The molecular formula is C16H25N3O2. The number of piperidine rings is 1. The van der Waals surface area contributed by atoms with Gasteiger partial charge in [-0.1, -0.05) is 20.8 Å². The standard InChI is InChI=1S/C16H25N3O2/c1-16(2,3)11-5-7-19(8-6-11)14-9-12(15(20)21-4)13(17)10-18-14/h9-11H,5-8,17H2,1-4H3. The summed E-state index contributed by atoms with van der Waals surface area (Å²) in [5.74, 6) is 1.11. The van der Waals surface area contributed by atoms with Gasteiger partial charge in [0.1, 0.15) is 5.82 Å². The quantitative estimate of drug-likeness (QED) is 0.848. The van der Waals surface area contributed by atoms with Crippen molar-refractivity contribution in [1.82, 2.24) is 4.98 Å². The van der Waals surface area contributed by atoms with Gasteiger partial charge in [0.15, 0.2) is 0 Å². The van der Waals surface area contributed by atoms with Gasteiger partial charge in [-0.15, -0.1) is 0 Å². The van der Waals surface area contributed by atoms with E-state index in [0.29, 0.717) is 16.7 Å². The van der Waals surface area contributed by atoms with Crippen molar-refractivity contribution in [2.24, 2.45) is 11.3 Å². The van der Waals surface area contributed by atoms with E-state index in [1.807, 2.05) is 0 Å². The number of ether oxygens (including phenoxy) is 1. The van der Waals surface area contributed by atoms with Crippen molar-refractivity contribution in [2.45, 2.75) is 33.6 Å². The monoisotopic (exact) mass is 291 g/mol. The summed E-state index contributed by atoms with van der Waals surface area (Å²) in [6.07, 6.45) is 3.82. The SMILES string of the molecule is COC(=O)c1cc(N2CCC(C(C)(C)C)CC2)ncc1N. The topological polar surface area (TPSA) is 68.5 Å². The fourth-order valence-electron chi connectivity index (χ4n) is 2.89. The zero-order valence-corrected chi connectivity index (χ0v) is 13.3. The van der Waals surface area contributed by atoms with Gasteiger partial charge in [-0.2, -0.15) is 0 Å². The number of nitrogens with zero attached hydrogens (tertiary/aromatic N) is 2. The molecule has 1 aliphatic heterocycles. The van der Waals surface area contributed by atoms with Gasteiger partial charge < -0.3 is 15.4 Å². The Hall–Kier alpha value is -1.78. The van der Waals surface area contributed by atoms with Gasteiger partial charge in [0.2, 0.25) is 0 Å². The molecule has 0 aliphatic carbocycles. The highest BCUT2D eigenvalue weighted by Crippen LogP contribution is 2.35. The summed E-state index contributed by atoms with van der Waals surface area (Å²) in [6.45, 7) is 8.80. The molecule has 0 amide bonds. The molecule has 0 saturated carbocycles. The molecule has 0 bridgehead atoms. The lowest BCUT2D eigenvalue weighted by atomic mass is 9.75. The lowest BCUT2D eigenvalue weighted by Gasteiger charge is -2.39. The summed E-state index contributed by atoms with van der Waals surface area (Å²) in [6, 6.07) is 1.73. The molecule has 2 rings (SSSR count). The molecule has 1 aromatic heterocycles. The van der Waals surface area contributed by atoms with E-state index in [9.17, 15) is 4.79 Å². The summed E-state index contributed by atoms with van der Waals surface area (Å²) >= 11 is 0. The van der Waals surface area contributed by atoms with E-state index in [1.165, 1.54) is 13.3 Å². The van der Waals surface area contributed by atoms with Crippen LogP contribution in [-0.4, -0.2) is 31.2 Å². The number of nitrogen functional groups attached to an aromatic ring is 1. The molecule has 5 heteroatoms. The van der Waals surface area contributed by atoms with Gasteiger partial charge in [-0.05, 0) is 30.2 Å². The van der Waals surface area contributed by atoms with Crippen LogP contribution in [0.15, 0.2) is 12.3 Å². The average molecular weight is 291 g/mol. The lowest BCUT2D eigenvalue weighted by molar-refractivity contribution is 0.0602. The van der Waals surface area contributed by atoms with Crippen LogP contribution in [0.3, 0.4) is 0 Å². The Balaban J connectivity index is 2.12. The van der Waals surface area contributed by atoms with Crippen molar-refractivity contribution >= 4 is 17.5 Å². The molecule has 5 nitrogen and oxygen atoms in total. The van der Waals surface area contributed by atoms with E-state index in [2.05, 4.69) is 30.7 Å². The van der Waals surface area contributed by atoms with Crippen molar-refractivity contribution in [2.75, 3.05) is 30.8 Å². The Morgan fingerprint density at radius 3 is 2.52 bits per heavy atom. The molecule has 21 heavy (non-hydrogen) atoms. The molecular weight excluding hydrogens is 266 g/mol. The molecule has 1 aromatic rings. The number of hydrogen-bond acceptors (Lipinski definition) is 5. The number of rotatable bonds is 2. The molecule has 0 atom stereocenters. The first kappa shape index (κ1) is 15.6. The number of anilines is 2. The summed E-state index contributed by atoms with van der Waals surface area (Å²) in [5.41, 5.74) is 6.88. The second-order valence-electron chi connectivity index (χ2n) is 6.75. The molecule has 0 aromatic carbocycles. The maximum Gasteiger partial charge on any atom is 0.340 e. The zero-order valence-electron chi connectivity index (χ0n) is 13.3. The van der Waals surface area contributed by atoms with Crippen LogP contribution in [0.25, 0.3) is 0 Å². The summed E-state index contributed by atoms with van der Waals surface area (Å²) < 4.78 is 4.76. The van der Waals surface area contributed by atoms with Crippen LogP contribution < -0.4 is 10.6 Å². The third kappa shape index (κ3) is 3.46. The van der Waals surface area contributed by atoms with Gasteiger partial charge in [0.25, 0.3) is 0 Å². The van der Waals surface area contributed by atoms with Crippen LogP contribution in [0.2, 0.25) is 0 Å². The molecule has 2 heterocycles. The van der Waals surface area contributed by atoms with Crippen molar-refractivity contribution in [3.63, 3.8) is 0 Å². The second-order valence-corrected chi connectivity index (χ2v) is 6.75. The minimum atomic E-state index is -0.416. The number of carbonyl (C=O) groups is 1. The van der Waals surface area contributed by atoms with Crippen molar-refractivity contribution in [3.05, 3.63) is 17.8 Å². The number of carbonyl (C=O) groups excluding carboxylic acids is 1. The van der Waals surface area contributed by atoms with E-state index in [4.69, 9.17) is 10.5 Å². The number of hydrogen-bond donors (Lipinski definition) is 1.